The van der Waals surface area contributed by atoms with E-state index < -0.39 is 0 Å². The molecule has 0 aliphatic carbocycles. The Kier molecular flexibility index (Phi) is 6.60. The van der Waals surface area contributed by atoms with Gasteiger partial charge in [0.25, 0.3) is 0 Å². The molecule has 0 aromatic heterocycles. The van der Waals surface area contributed by atoms with Crippen LogP contribution in [0.15, 0.2) is 45.3 Å². The van der Waals surface area contributed by atoms with Crippen molar-refractivity contribution in [3.05, 3.63) is 61.5 Å². The smallest absolute Gasteiger partial charge is 0.133 e. The van der Waals surface area contributed by atoms with Crippen LogP contribution in [0.25, 0.3) is 0 Å². The summed E-state index contributed by atoms with van der Waals surface area (Å²) in [6.45, 7) is 2.80. The summed E-state index contributed by atoms with van der Waals surface area (Å²) in [5.74, 6) is 0.862. The molecule has 2 aromatic carbocycles. The lowest BCUT2D eigenvalue weighted by Gasteiger charge is -2.15. The first-order chi connectivity index (χ1) is 10.0. The normalized spacial score (nSPS) is 12.2. The van der Waals surface area contributed by atoms with Crippen LogP contribution in [0.4, 0.5) is 0 Å². The molecule has 0 amide bonds. The van der Waals surface area contributed by atoms with Gasteiger partial charge < -0.3 is 4.74 Å². The van der Waals surface area contributed by atoms with Gasteiger partial charge in [-0.05, 0) is 63.8 Å². The van der Waals surface area contributed by atoms with E-state index in [4.69, 9.17) is 16.3 Å². The van der Waals surface area contributed by atoms with E-state index in [9.17, 15) is 0 Å². The molecule has 0 aliphatic rings. The molecule has 1 unspecified atom stereocenters. The molecule has 0 spiro atoms. The van der Waals surface area contributed by atoms with Crippen LogP contribution in [0.2, 0.25) is 5.02 Å². The maximum Gasteiger partial charge on any atom is 0.133 e. The van der Waals surface area contributed by atoms with Gasteiger partial charge in [-0.25, -0.2) is 0 Å². The van der Waals surface area contributed by atoms with Gasteiger partial charge in [-0.3, -0.25) is 0 Å². The topological polar surface area (TPSA) is 9.23 Å². The molecule has 21 heavy (non-hydrogen) atoms. The Hall–Kier alpha value is -0.0300. The molecular weight excluding hydrogens is 483 g/mol. The van der Waals surface area contributed by atoms with Crippen LogP contribution in [0.3, 0.4) is 0 Å². The molecule has 0 saturated carbocycles. The Labute approximate surface area is 155 Å². The van der Waals surface area contributed by atoms with E-state index in [-0.39, 0.29) is 4.83 Å². The van der Waals surface area contributed by atoms with Crippen molar-refractivity contribution in [3.63, 3.8) is 0 Å². The molecule has 5 heteroatoms. The minimum absolute atomic E-state index is 0.0269. The Morgan fingerprint density at radius 3 is 2.57 bits per heavy atom. The van der Waals surface area contributed by atoms with Crippen LogP contribution in [-0.4, -0.2) is 6.61 Å². The van der Waals surface area contributed by atoms with Crippen LogP contribution in [0.5, 0.6) is 5.75 Å². The van der Waals surface area contributed by atoms with E-state index in [1.807, 2.05) is 30.3 Å². The predicted molar refractivity (Wildman–Crippen MR) is 99.9 cm³/mol. The van der Waals surface area contributed by atoms with Crippen molar-refractivity contribution in [1.82, 2.24) is 0 Å². The summed E-state index contributed by atoms with van der Waals surface area (Å²) in [5.41, 5.74) is 2.14. The zero-order valence-corrected chi connectivity index (χ0v) is 16.9. The number of rotatable bonds is 5. The van der Waals surface area contributed by atoms with Gasteiger partial charge in [-0.2, -0.15) is 0 Å². The fourth-order valence-corrected chi connectivity index (χ4v) is 3.80. The Morgan fingerprint density at radius 1 is 1.14 bits per heavy atom. The minimum atomic E-state index is 0.0269. The third-order valence-electron chi connectivity index (χ3n) is 2.94. The van der Waals surface area contributed by atoms with Crippen LogP contribution >= 0.6 is 59.4 Å². The number of halogens is 4. The van der Waals surface area contributed by atoms with Gasteiger partial charge in [0, 0.05) is 9.50 Å². The highest BCUT2D eigenvalue weighted by molar-refractivity contribution is 9.11. The summed E-state index contributed by atoms with van der Waals surface area (Å²) in [7, 11) is 0. The van der Waals surface area contributed by atoms with Crippen LogP contribution in [0.1, 0.15) is 29.3 Å². The van der Waals surface area contributed by atoms with Gasteiger partial charge in [0.15, 0.2) is 0 Å². The van der Waals surface area contributed by atoms with Gasteiger partial charge in [0.2, 0.25) is 0 Å². The second-order valence-electron chi connectivity index (χ2n) is 4.57. The number of hydrogen-bond acceptors (Lipinski definition) is 1. The van der Waals surface area contributed by atoms with Gasteiger partial charge in [-0.15, -0.1) is 0 Å². The second kappa shape index (κ2) is 8.00. The monoisotopic (exact) mass is 494 g/mol. The minimum Gasteiger partial charge on any atom is -0.492 e. The highest BCUT2D eigenvalue weighted by Gasteiger charge is 2.16. The molecule has 112 valence electrons. The molecule has 1 atom stereocenters. The summed E-state index contributed by atoms with van der Waals surface area (Å²) in [6, 6.07) is 11.9. The number of benzene rings is 2. The largest absolute Gasteiger partial charge is 0.492 e. The van der Waals surface area contributed by atoms with Crippen molar-refractivity contribution in [3.8, 4) is 5.75 Å². The first-order valence-electron chi connectivity index (χ1n) is 6.54. The average molecular weight is 497 g/mol. The molecule has 2 aromatic rings. The molecule has 0 N–H and O–H groups in total. The molecule has 0 aliphatic heterocycles. The quantitative estimate of drug-likeness (QED) is 0.399. The van der Waals surface area contributed by atoms with E-state index in [1.54, 1.807) is 0 Å². The molecule has 0 radical (unpaired) electrons. The molecule has 2 rings (SSSR count). The molecular formula is C16H14Br3ClO. The Bertz CT molecular complexity index is 631. The Balaban J connectivity index is 2.29. The predicted octanol–water partition coefficient (Wildman–Crippen LogP) is 7.14. The van der Waals surface area contributed by atoms with Gasteiger partial charge in [0.1, 0.15) is 5.75 Å². The fraction of sp³-hybridized carbons (Fsp3) is 0.250. The maximum absolute atomic E-state index is 6.29. The fourth-order valence-electron chi connectivity index (χ4n) is 1.89. The number of ether oxygens (including phenoxy) is 1. The van der Waals surface area contributed by atoms with E-state index in [1.165, 1.54) is 0 Å². The first kappa shape index (κ1) is 17.3. The van der Waals surface area contributed by atoms with Crippen LogP contribution in [-0.2, 0) is 0 Å². The van der Waals surface area contributed by atoms with Crippen molar-refractivity contribution >= 4 is 59.4 Å². The molecule has 1 nitrogen and oxygen atoms in total. The first-order valence-corrected chi connectivity index (χ1v) is 9.42. The van der Waals surface area contributed by atoms with Crippen LogP contribution in [0, 0.1) is 0 Å². The molecule has 0 saturated heterocycles. The van der Waals surface area contributed by atoms with Crippen molar-refractivity contribution in [1.29, 1.82) is 0 Å². The zero-order chi connectivity index (χ0) is 15.4. The van der Waals surface area contributed by atoms with Gasteiger partial charge in [0.05, 0.1) is 15.9 Å². The number of alkyl halides is 1. The van der Waals surface area contributed by atoms with E-state index in [0.717, 1.165) is 37.3 Å². The summed E-state index contributed by atoms with van der Waals surface area (Å²) >= 11 is 17.1. The van der Waals surface area contributed by atoms with Crippen molar-refractivity contribution in [2.75, 3.05) is 6.61 Å². The molecule has 0 fully saturated rings. The molecule has 0 heterocycles. The van der Waals surface area contributed by atoms with E-state index in [0.29, 0.717) is 6.61 Å². The molecule has 0 bridgehead atoms. The lowest BCUT2D eigenvalue weighted by atomic mass is 10.0. The highest BCUT2D eigenvalue weighted by atomic mass is 79.9. The highest BCUT2D eigenvalue weighted by Crippen LogP contribution is 2.39. The van der Waals surface area contributed by atoms with E-state index in [2.05, 4.69) is 60.8 Å². The lowest BCUT2D eigenvalue weighted by Crippen LogP contribution is -1.98. The standard InChI is InChI=1S/C16H14Br3ClO/c1-2-7-21-15-6-3-10(8-13(15)18)16(19)12-9-11(17)4-5-14(12)20/h3-6,8-9,16H,2,7H2,1H3. The summed E-state index contributed by atoms with van der Waals surface area (Å²) in [4.78, 5) is 0.0269. The number of hydrogen-bond donors (Lipinski definition) is 0. The SMILES string of the molecule is CCCOc1ccc(C(Br)c2cc(Br)ccc2Cl)cc1Br. The Morgan fingerprint density at radius 2 is 1.90 bits per heavy atom. The second-order valence-corrected chi connectivity index (χ2v) is 7.66. The third-order valence-corrected chi connectivity index (χ3v) is 5.42. The summed E-state index contributed by atoms with van der Waals surface area (Å²) < 4.78 is 7.63. The van der Waals surface area contributed by atoms with Crippen LogP contribution < -0.4 is 4.74 Å². The average Bonchev–Trinajstić information content (AvgIpc) is 2.47. The summed E-state index contributed by atoms with van der Waals surface area (Å²) in [6.07, 6.45) is 0.989. The van der Waals surface area contributed by atoms with E-state index >= 15 is 0 Å². The third kappa shape index (κ3) is 4.47. The maximum atomic E-state index is 6.29. The van der Waals surface area contributed by atoms with Gasteiger partial charge >= 0.3 is 0 Å². The summed E-state index contributed by atoms with van der Waals surface area (Å²) in [5, 5.41) is 0.738. The van der Waals surface area contributed by atoms with Crippen molar-refractivity contribution < 1.29 is 4.74 Å². The van der Waals surface area contributed by atoms with Gasteiger partial charge in [-0.1, -0.05) is 56.5 Å². The van der Waals surface area contributed by atoms with Crippen molar-refractivity contribution in [2.45, 2.75) is 18.2 Å². The van der Waals surface area contributed by atoms with Crippen molar-refractivity contribution in [2.24, 2.45) is 0 Å². The zero-order valence-electron chi connectivity index (χ0n) is 11.4. The lowest BCUT2D eigenvalue weighted by molar-refractivity contribution is 0.315.